The second-order valence-electron chi connectivity index (χ2n) is 5.65. The van der Waals surface area contributed by atoms with E-state index in [9.17, 15) is 14.0 Å². The van der Waals surface area contributed by atoms with Crippen molar-refractivity contribution in [2.45, 2.75) is 19.9 Å². The number of hydrogen-bond acceptors (Lipinski definition) is 2. The van der Waals surface area contributed by atoms with Crippen molar-refractivity contribution in [3.8, 4) is 0 Å². The summed E-state index contributed by atoms with van der Waals surface area (Å²) in [5.41, 5.74) is 0.816. The van der Waals surface area contributed by atoms with Gasteiger partial charge in [-0.2, -0.15) is 0 Å². The molecule has 132 valence electrons. The highest BCUT2D eigenvalue weighted by Crippen LogP contribution is 2.20. The molecule has 0 fully saturated rings. The Hall–Kier alpha value is -2.40. The van der Waals surface area contributed by atoms with Crippen LogP contribution >= 0.6 is 11.6 Å². The van der Waals surface area contributed by atoms with Gasteiger partial charge in [-0.1, -0.05) is 48.0 Å². The first kappa shape index (κ1) is 18.9. The van der Waals surface area contributed by atoms with Gasteiger partial charge >= 0.3 is 0 Å². The average molecular weight is 363 g/mol. The number of hydrogen-bond donors (Lipinski definition) is 1. The standard InChI is InChI=1S/C19H20ClFN2O2/c1-13(15-7-4-3-5-8-15)23(14(2)24)12-11-22-19(25)18-16(20)9-6-10-17(18)21/h3-10,13H,11-12H2,1-2H3,(H,22,25). The van der Waals surface area contributed by atoms with Crippen molar-refractivity contribution in [3.05, 3.63) is 70.5 Å². The lowest BCUT2D eigenvalue weighted by molar-refractivity contribution is -0.130. The van der Waals surface area contributed by atoms with E-state index in [1.165, 1.54) is 25.1 Å². The molecule has 0 aliphatic rings. The molecule has 4 nitrogen and oxygen atoms in total. The molecule has 1 N–H and O–H groups in total. The first-order chi connectivity index (χ1) is 11.9. The Bertz CT molecular complexity index is 732. The number of rotatable bonds is 6. The van der Waals surface area contributed by atoms with Gasteiger partial charge in [-0.25, -0.2) is 4.39 Å². The topological polar surface area (TPSA) is 49.4 Å². The largest absolute Gasteiger partial charge is 0.350 e. The zero-order valence-electron chi connectivity index (χ0n) is 14.1. The number of amides is 2. The molecule has 0 saturated carbocycles. The van der Waals surface area contributed by atoms with Gasteiger partial charge in [0.2, 0.25) is 5.91 Å². The summed E-state index contributed by atoms with van der Waals surface area (Å²) in [6.45, 7) is 3.91. The summed E-state index contributed by atoms with van der Waals surface area (Å²) >= 11 is 5.88. The van der Waals surface area contributed by atoms with Crippen LogP contribution in [0.15, 0.2) is 48.5 Å². The summed E-state index contributed by atoms with van der Waals surface area (Å²) in [5.74, 6) is -1.38. The molecule has 2 aromatic carbocycles. The molecule has 6 heteroatoms. The smallest absolute Gasteiger partial charge is 0.255 e. The maximum Gasteiger partial charge on any atom is 0.255 e. The van der Waals surface area contributed by atoms with Gasteiger partial charge in [0.1, 0.15) is 5.82 Å². The van der Waals surface area contributed by atoms with Crippen LogP contribution in [0.4, 0.5) is 4.39 Å². The molecule has 0 heterocycles. The third-order valence-electron chi connectivity index (χ3n) is 3.98. The van der Waals surface area contributed by atoms with Gasteiger partial charge in [-0.15, -0.1) is 0 Å². The predicted octanol–water partition coefficient (Wildman–Crippen LogP) is 3.82. The van der Waals surface area contributed by atoms with E-state index in [0.717, 1.165) is 5.56 Å². The van der Waals surface area contributed by atoms with Crippen LogP contribution in [0.2, 0.25) is 5.02 Å². The Morgan fingerprint density at radius 3 is 2.44 bits per heavy atom. The lowest BCUT2D eigenvalue weighted by Crippen LogP contribution is -2.39. The van der Waals surface area contributed by atoms with E-state index < -0.39 is 11.7 Å². The molecule has 0 aliphatic carbocycles. The van der Waals surface area contributed by atoms with E-state index in [1.54, 1.807) is 4.90 Å². The molecule has 0 aromatic heterocycles. The maximum absolute atomic E-state index is 13.8. The van der Waals surface area contributed by atoms with Crippen molar-refractivity contribution < 1.29 is 14.0 Å². The van der Waals surface area contributed by atoms with Gasteiger partial charge in [0.15, 0.2) is 0 Å². The molecule has 0 saturated heterocycles. The Morgan fingerprint density at radius 1 is 1.16 bits per heavy atom. The number of nitrogens with zero attached hydrogens (tertiary/aromatic N) is 1. The van der Waals surface area contributed by atoms with E-state index in [-0.39, 0.29) is 29.1 Å². The number of benzene rings is 2. The highest BCUT2D eigenvalue weighted by molar-refractivity contribution is 6.33. The lowest BCUT2D eigenvalue weighted by atomic mass is 10.1. The van der Waals surface area contributed by atoms with Crippen LogP contribution in [0.3, 0.4) is 0 Å². The Morgan fingerprint density at radius 2 is 1.84 bits per heavy atom. The van der Waals surface area contributed by atoms with Crippen LogP contribution in [0.1, 0.15) is 35.8 Å². The van der Waals surface area contributed by atoms with E-state index in [0.29, 0.717) is 6.54 Å². The van der Waals surface area contributed by atoms with Crippen LogP contribution in [0.25, 0.3) is 0 Å². The molecule has 25 heavy (non-hydrogen) atoms. The average Bonchev–Trinajstić information content (AvgIpc) is 2.58. The van der Waals surface area contributed by atoms with Crippen molar-refractivity contribution in [2.24, 2.45) is 0 Å². The molecule has 2 rings (SSSR count). The molecule has 0 bridgehead atoms. The van der Waals surface area contributed by atoms with E-state index in [4.69, 9.17) is 11.6 Å². The van der Waals surface area contributed by atoms with Crippen molar-refractivity contribution >= 4 is 23.4 Å². The minimum absolute atomic E-state index is 0.0542. The highest BCUT2D eigenvalue weighted by Gasteiger charge is 2.19. The van der Waals surface area contributed by atoms with E-state index in [2.05, 4.69) is 5.32 Å². The first-order valence-corrected chi connectivity index (χ1v) is 8.34. The normalized spacial score (nSPS) is 11.7. The van der Waals surface area contributed by atoms with Crippen molar-refractivity contribution in [1.82, 2.24) is 10.2 Å². The third-order valence-corrected chi connectivity index (χ3v) is 4.30. The Balaban J connectivity index is 2.00. The molecule has 2 aromatic rings. The third kappa shape index (κ3) is 4.79. The number of halogens is 2. The van der Waals surface area contributed by atoms with Gasteiger partial charge in [-0.3, -0.25) is 9.59 Å². The zero-order valence-corrected chi connectivity index (χ0v) is 14.9. The second kappa shape index (κ2) is 8.62. The molecular formula is C19H20ClFN2O2. The highest BCUT2D eigenvalue weighted by atomic mass is 35.5. The lowest BCUT2D eigenvalue weighted by Gasteiger charge is -2.28. The fourth-order valence-electron chi connectivity index (χ4n) is 2.63. The minimum atomic E-state index is -0.675. The quantitative estimate of drug-likeness (QED) is 0.849. The second-order valence-corrected chi connectivity index (χ2v) is 6.06. The minimum Gasteiger partial charge on any atom is -0.350 e. The first-order valence-electron chi connectivity index (χ1n) is 7.96. The van der Waals surface area contributed by atoms with E-state index >= 15 is 0 Å². The Labute approximate surface area is 151 Å². The molecule has 1 atom stereocenters. The fraction of sp³-hybridized carbons (Fsp3) is 0.263. The molecule has 0 spiro atoms. The van der Waals surface area contributed by atoms with Crippen LogP contribution in [0, 0.1) is 5.82 Å². The summed E-state index contributed by atoms with van der Waals surface area (Å²) in [6.07, 6.45) is 0. The van der Waals surface area contributed by atoms with Gasteiger partial charge in [0.25, 0.3) is 5.91 Å². The van der Waals surface area contributed by atoms with Gasteiger partial charge < -0.3 is 10.2 Å². The van der Waals surface area contributed by atoms with Crippen LogP contribution in [-0.2, 0) is 4.79 Å². The van der Waals surface area contributed by atoms with Crippen molar-refractivity contribution in [2.75, 3.05) is 13.1 Å². The monoisotopic (exact) mass is 362 g/mol. The Kier molecular flexibility index (Phi) is 6.53. The van der Waals surface area contributed by atoms with Crippen LogP contribution in [0.5, 0.6) is 0 Å². The van der Waals surface area contributed by atoms with Crippen LogP contribution < -0.4 is 5.32 Å². The number of nitrogens with one attached hydrogen (secondary N) is 1. The zero-order chi connectivity index (χ0) is 18.4. The number of carbonyl (C=O) groups is 2. The van der Waals surface area contributed by atoms with E-state index in [1.807, 2.05) is 37.3 Å². The SMILES string of the molecule is CC(=O)N(CCNC(=O)c1c(F)cccc1Cl)C(C)c1ccccc1. The molecule has 1 unspecified atom stereocenters. The number of carbonyl (C=O) groups excluding carboxylic acids is 2. The summed E-state index contributed by atoms with van der Waals surface area (Å²) < 4.78 is 13.8. The van der Waals surface area contributed by atoms with Crippen molar-refractivity contribution in [3.63, 3.8) is 0 Å². The fourth-order valence-corrected chi connectivity index (χ4v) is 2.88. The molecule has 0 radical (unpaired) electrons. The summed E-state index contributed by atoms with van der Waals surface area (Å²) in [7, 11) is 0. The van der Waals surface area contributed by atoms with Gasteiger partial charge in [0, 0.05) is 20.0 Å². The summed E-state index contributed by atoms with van der Waals surface area (Å²) in [6, 6.07) is 13.6. The summed E-state index contributed by atoms with van der Waals surface area (Å²) in [4.78, 5) is 25.7. The van der Waals surface area contributed by atoms with Gasteiger partial charge in [0.05, 0.1) is 16.6 Å². The maximum atomic E-state index is 13.8. The molecular weight excluding hydrogens is 343 g/mol. The van der Waals surface area contributed by atoms with Crippen LogP contribution in [-0.4, -0.2) is 29.8 Å². The van der Waals surface area contributed by atoms with Crippen molar-refractivity contribution in [1.29, 1.82) is 0 Å². The summed E-state index contributed by atoms with van der Waals surface area (Å²) in [5, 5.41) is 2.67. The molecule has 0 aliphatic heterocycles. The molecule has 2 amide bonds. The van der Waals surface area contributed by atoms with Gasteiger partial charge in [-0.05, 0) is 24.6 Å². The predicted molar refractivity (Wildman–Crippen MR) is 96.0 cm³/mol.